The number of halogens is 1. The maximum atomic E-state index is 13.0. The topological polar surface area (TPSA) is 72.5 Å². The summed E-state index contributed by atoms with van der Waals surface area (Å²) in [6.45, 7) is 1.42. The lowest BCUT2D eigenvalue weighted by atomic mass is 9.86. The minimum absolute atomic E-state index is 0.236. The molecule has 0 bridgehead atoms. The fourth-order valence-corrected chi connectivity index (χ4v) is 7.08. The number of fused-ring (bicyclic) bond motifs is 1. The molecule has 5 aromatic rings. The number of aldehydes is 1. The first-order valence-corrected chi connectivity index (χ1v) is 17.6. The molecule has 8 heteroatoms. The van der Waals surface area contributed by atoms with Crippen LogP contribution in [0.5, 0.6) is 5.75 Å². The van der Waals surface area contributed by atoms with Crippen LogP contribution in [-0.2, 0) is 66.9 Å². The number of carbonyl (C=O) groups excluding carboxylic acids is 1. The molecule has 1 fully saturated rings. The Morgan fingerprint density at radius 3 is 1.94 bits per heavy atom. The molecule has 262 valence electrons. The van der Waals surface area contributed by atoms with Gasteiger partial charge in [-0.2, -0.15) is 0 Å². The van der Waals surface area contributed by atoms with Crippen molar-refractivity contribution in [2.24, 2.45) is 0 Å². The van der Waals surface area contributed by atoms with Gasteiger partial charge < -0.3 is 33.2 Å². The first-order valence-electron chi connectivity index (χ1n) is 17.2. The smallest absolute Gasteiger partial charge is 0.225 e. The predicted octanol–water partition coefficient (Wildman–Crippen LogP) is 8.02. The normalized spacial score (nSPS) is 22.6. The van der Waals surface area contributed by atoms with Crippen LogP contribution in [0.3, 0.4) is 0 Å². The number of carbonyl (C=O) groups is 1. The van der Waals surface area contributed by atoms with Gasteiger partial charge in [0.2, 0.25) is 5.79 Å². The van der Waals surface area contributed by atoms with Crippen LogP contribution in [0, 0.1) is 0 Å². The predicted molar refractivity (Wildman–Crippen MR) is 195 cm³/mol. The lowest BCUT2D eigenvalue weighted by molar-refractivity contribution is -0.373. The van der Waals surface area contributed by atoms with Crippen LogP contribution in [0.1, 0.15) is 38.9 Å². The lowest BCUT2D eigenvalue weighted by Gasteiger charge is -2.51. The molecular formula is C43H41ClO7. The van der Waals surface area contributed by atoms with Crippen LogP contribution in [0.25, 0.3) is 0 Å². The van der Waals surface area contributed by atoms with Crippen molar-refractivity contribution in [2.45, 2.75) is 62.9 Å². The SMILES string of the molecule is CO[C@@]1(c2ccc(Cl)c(Cc3ccc4c(c3)CCO4)c2)O[C@H](C=O)[C@@H](OCc2ccccc2)C(OCc2ccccc2)[C@H]1OCc1ccccc1. The van der Waals surface area contributed by atoms with Crippen LogP contribution in [0.4, 0.5) is 0 Å². The summed E-state index contributed by atoms with van der Waals surface area (Å²) in [6, 6.07) is 41.5. The van der Waals surface area contributed by atoms with Crippen molar-refractivity contribution in [3.05, 3.63) is 171 Å². The molecule has 0 saturated carbocycles. The van der Waals surface area contributed by atoms with E-state index in [4.69, 9.17) is 40.0 Å². The van der Waals surface area contributed by atoms with E-state index >= 15 is 0 Å². The monoisotopic (exact) mass is 704 g/mol. The summed E-state index contributed by atoms with van der Waals surface area (Å²) in [7, 11) is 1.56. The van der Waals surface area contributed by atoms with Gasteiger partial charge in [0.05, 0.1) is 26.4 Å². The highest BCUT2D eigenvalue weighted by Crippen LogP contribution is 2.44. The van der Waals surface area contributed by atoms with E-state index in [1.54, 1.807) is 7.11 Å². The highest BCUT2D eigenvalue weighted by Gasteiger charge is 2.58. The van der Waals surface area contributed by atoms with Gasteiger partial charge >= 0.3 is 0 Å². The fourth-order valence-electron chi connectivity index (χ4n) is 6.90. The molecule has 1 saturated heterocycles. The number of rotatable bonds is 14. The van der Waals surface area contributed by atoms with Gasteiger partial charge in [-0.25, -0.2) is 0 Å². The summed E-state index contributed by atoms with van der Waals surface area (Å²) in [5, 5.41) is 0.604. The third-order valence-electron chi connectivity index (χ3n) is 9.51. The summed E-state index contributed by atoms with van der Waals surface area (Å²) in [6.07, 6.45) is -1.34. The van der Waals surface area contributed by atoms with Gasteiger partial charge in [0.15, 0.2) is 6.29 Å². The molecule has 0 spiro atoms. The van der Waals surface area contributed by atoms with Gasteiger partial charge in [-0.3, -0.25) is 0 Å². The van der Waals surface area contributed by atoms with Gasteiger partial charge in [-0.1, -0.05) is 121 Å². The molecule has 0 amide bonds. The quantitative estimate of drug-likeness (QED) is 0.108. The number of hydrogen-bond acceptors (Lipinski definition) is 7. The second kappa shape index (κ2) is 16.3. The molecule has 5 aromatic carbocycles. The second-order valence-corrected chi connectivity index (χ2v) is 13.3. The Bertz CT molecular complexity index is 1890. The molecule has 51 heavy (non-hydrogen) atoms. The van der Waals surface area contributed by atoms with E-state index in [0.29, 0.717) is 23.6 Å². The second-order valence-electron chi connectivity index (χ2n) is 12.9. The fraction of sp³-hybridized carbons (Fsp3) is 0.279. The molecule has 0 aliphatic carbocycles. The first kappa shape index (κ1) is 35.1. The van der Waals surface area contributed by atoms with E-state index in [0.717, 1.165) is 46.3 Å². The number of ether oxygens (including phenoxy) is 6. The molecule has 2 heterocycles. The summed E-state index contributed by atoms with van der Waals surface area (Å²) < 4.78 is 39.0. The van der Waals surface area contributed by atoms with Crippen molar-refractivity contribution >= 4 is 17.9 Å². The zero-order valence-corrected chi connectivity index (χ0v) is 29.2. The average Bonchev–Trinajstić information content (AvgIpc) is 3.65. The van der Waals surface area contributed by atoms with E-state index in [1.165, 1.54) is 5.56 Å². The maximum absolute atomic E-state index is 13.0. The van der Waals surface area contributed by atoms with E-state index in [1.807, 2.05) is 115 Å². The van der Waals surface area contributed by atoms with Crippen molar-refractivity contribution in [1.29, 1.82) is 0 Å². The van der Waals surface area contributed by atoms with Crippen LogP contribution in [0.15, 0.2) is 127 Å². The van der Waals surface area contributed by atoms with Crippen molar-refractivity contribution < 1.29 is 33.2 Å². The Balaban J connectivity index is 1.29. The number of benzene rings is 5. The number of methoxy groups -OCH3 is 1. The maximum Gasteiger partial charge on any atom is 0.225 e. The molecule has 0 N–H and O–H groups in total. The minimum atomic E-state index is -1.57. The Morgan fingerprint density at radius 1 is 0.725 bits per heavy atom. The van der Waals surface area contributed by atoms with Crippen molar-refractivity contribution in [3.8, 4) is 5.75 Å². The minimum Gasteiger partial charge on any atom is -0.493 e. The average molecular weight is 705 g/mol. The summed E-state index contributed by atoms with van der Waals surface area (Å²) in [5.74, 6) is -0.643. The molecule has 5 atom stereocenters. The van der Waals surface area contributed by atoms with Crippen molar-refractivity contribution in [1.82, 2.24) is 0 Å². The summed E-state index contributed by atoms with van der Waals surface area (Å²) in [5.41, 5.74) is 6.69. The van der Waals surface area contributed by atoms with E-state index < -0.39 is 30.2 Å². The Labute approximate surface area is 304 Å². The van der Waals surface area contributed by atoms with E-state index in [-0.39, 0.29) is 19.8 Å². The Hall–Kier alpha value is -4.34. The zero-order chi connectivity index (χ0) is 35.0. The third-order valence-corrected chi connectivity index (χ3v) is 9.88. The van der Waals surface area contributed by atoms with Gasteiger partial charge in [0, 0.05) is 24.1 Å². The standard InChI is InChI=1S/C43H41ClO7/c1-46-43(36-18-19-37(44)35(25-36)24-33-17-20-38-34(23-33)21-22-47-38)42(50-29-32-15-9-4-10-16-32)41(49-28-31-13-7-3-8-14-31)40(39(26-45)51-43)48-27-30-11-5-2-6-12-30/h2-20,23,25-26,39-42H,21-22,24,27-29H2,1H3/t39-,40-,41?,42-,43+/m1/s1. The van der Waals surface area contributed by atoms with E-state index in [2.05, 4.69) is 12.1 Å². The molecule has 2 aliphatic rings. The van der Waals surface area contributed by atoms with Gasteiger partial charge in [-0.05, 0) is 58.0 Å². The molecule has 0 aromatic heterocycles. The summed E-state index contributed by atoms with van der Waals surface area (Å²) in [4.78, 5) is 13.0. The summed E-state index contributed by atoms with van der Waals surface area (Å²) >= 11 is 6.85. The molecular weight excluding hydrogens is 664 g/mol. The van der Waals surface area contributed by atoms with Crippen LogP contribution < -0.4 is 4.74 Å². The molecule has 0 radical (unpaired) electrons. The molecule has 7 nitrogen and oxygen atoms in total. The molecule has 2 aliphatic heterocycles. The van der Waals surface area contributed by atoms with Crippen LogP contribution in [-0.4, -0.2) is 44.4 Å². The number of hydrogen-bond donors (Lipinski definition) is 0. The van der Waals surface area contributed by atoms with Crippen LogP contribution >= 0.6 is 11.6 Å². The van der Waals surface area contributed by atoms with Gasteiger partial charge in [-0.15, -0.1) is 0 Å². The van der Waals surface area contributed by atoms with Crippen molar-refractivity contribution in [2.75, 3.05) is 13.7 Å². The Morgan fingerprint density at radius 2 is 1.33 bits per heavy atom. The van der Waals surface area contributed by atoms with Crippen molar-refractivity contribution in [3.63, 3.8) is 0 Å². The highest BCUT2D eigenvalue weighted by atomic mass is 35.5. The van der Waals surface area contributed by atoms with Gasteiger partial charge in [0.25, 0.3) is 0 Å². The van der Waals surface area contributed by atoms with Gasteiger partial charge in [0.1, 0.15) is 30.2 Å². The zero-order valence-electron chi connectivity index (χ0n) is 28.5. The third kappa shape index (κ3) is 7.95. The highest BCUT2D eigenvalue weighted by molar-refractivity contribution is 6.31. The largest absolute Gasteiger partial charge is 0.493 e. The van der Waals surface area contributed by atoms with E-state index in [9.17, 15) is 4.79 Å². The molecule has 1 unspecified atom stereocenters. The van der Waals surface area contributed by atoms with Crippen LogP contribution in [0.2, 0.25) is 5.02 Å². The first-order chi connectivity index (χ1) is 25.1. The Kier molecular flexibility index (Phi) is 11.2. The lowest BCUT2D eigenvalue weighted by Crippen LogP contribution is -2.65. The molecule has 7 rings (SSSR count).